The summed E-state index contributed by atoms with van der Waals surface area (Å²) in [5.74, 6) is -2.44. The molecule has 0 saturated carbocycles. The van der Waals surface area contributed by atoms with Gasteiger partial charge < -0.3 is 15.5 Å². The maximum Gasteiger partial charge on any atom is 0.250 e. The lowest BCUT2D eigenvalue weighted by Crippen LogP contribution is -2.43. The van der Waals surface area contributed by atoms with Gasteiger partial charge in [-0.15, -0.1) is 5.10 Å². The number of hydrogen-bond acceptors (Lipinski definition) is 6. The summed E-state index contributed by atoms with van der Waals surface area (Å²) in [5.41, 5.74) is 3.63. The van der Waals surface area contributed by atoms with Crippen LogP contribution in [0.4, 0.5) is 0 Å². The van der Waals surface area contributed by atoms with Crippen LogP contribution in [-0.2, 0) is 17.3 Å². The molecule has 3 aromatic carbocycles. The molecule has 4 N–H and O–H groups in total. The molecule has 1 amide bonds. The highest BCUT2D eigenvalue weighted by Gasteiger charge is 2.25. The maximum absolute atomic E-state index is 12.0. The van der Waals surface area contributed by atoms with Gasteiger partial charge in [-0.1, -0.05) is 59.8 Å². The van der Waals surface area contributed by atoms with E-state index < -0.39 is 5.91 Å². The third-order valence-electron chi connectivity index (χ3n) is 4.92. The van der Waals surface area contributed by atoms with Crippen LogP contribution in [0.5, 0.6) is 0 Å². The summed E-state index contributed by atoms with van der Waals surface area (Å²) in [5, 5.41) is 34.4. The zero-order valence-corrected chi connectivity index (χ0v) is 16.8. The fraction of sp³-hybridized carbons (Fsp3) is 0.174. The van der Waals surface area contributed by atoms with Crippen molar-refractivity contribution in [2.24, 2.45) is 0 Å². The van der Waals surface area contributed by atoms with Gasteiger partial charge in [-0.25, -0.2) is 4.68 Å². The Hall–Kier alpha value is -3.59. The summed E-state index contributed by atoms with van der Waals surface area (Å²) in [7, 11) is 0. The lowest BCUT2D eigenvalue weighted by atomic mass is 10.1. The quantitative estimate of drug-likeness (QED) is 0.325. The number of aromatic nitrogens is 3. The summed E-state index contributed by atoms with van der Waals surface area (Å²) < 4.78 is 1.68. The molecule has 0 atom stereocenters. The first kappa shape index (κ1) is 20.7. The van der Waals surface area contributed by atoms with Crippen molar-refractivity contribution in [3.63, 3.8) is 0 Å². The zero-order valence-electron chi connectivity index (χ0n) is 16.8. The number of nitrogens with zero attached hydrogens (tertiary/aromatic N) is 3. The van der Waals surface area contributed by atoms with E-state index in [0.717, 1.165) is 22.3 Å². The molecule has 0 aliphatic rings. The Morgan fingerprint density at radius 1 is 0.935 bits per heavy atom. The molecule has 4 rings (SSSR count). The first-order valence-electron chi connectivity index (χ1n) is 9.95. The van der Waals surface area contributed by atoms with Gasteiger partial charge in [-0.3, -0.25) is 10.1 Å². The predicted molar refractivity (Wildman–Crippen MR) is 116 cm³/mol. The van der Waals surface area contributed by atoms with E-state index in [1.54, 1.807) is 28.9 Å². The van der Waals surface area contributed by atoms with E-state index in [1.807, 2.05) is 54.6 Å². The number of carbonyl (C=O) groups excluding carboxylic acids is 1. The van der Waals surface area contributed by atoms with Crippen LogP contribution in [-0.4, -0.2) is 37.7 Å². The molecule has 0 aliphatic carbocycles. The van der Waals surface area contributed by atoms with Gasteiger partial charge in [0.2, 0.25) is 5.91 Å². The number of amides is 1. The first-order valence-corrected chi connectivity index (χ1v) is 9.95. The molecule has 8 nitrogen and oxygen atoms in total. The van der Waals surface area contributed by atoms with E-state index in [4.69, 9.17) is 0 Å². The Balaban J connectivity index is 1.32. The third kappa shape index (κ3) is 4.95. The van der Waals surface area contributed by atoms with Gasteiger partial charge in [-0.2, -0.15) is 0 Å². The molecule has 0 saturated heterocycles. The Morgan fingerprint density at radius 3 is 2.42 bits per heavy atom. The smallest absolute Gasteiger partial charge is 0.250 e. The van der Waals surface area contributed by atoms with Crippen molar-refractivity contribution in [2.75, 3.05) is 6.54 Å². The first-order chi connectivity index (χ1) is 15.0. The normalized spacial score (nSPS) is 11.5. The summed E-state index contributed by atoms with van der Waals surface area (Å²) in [4.78, 5) is 12.0. The molecule has 31 heavy (non-hydrogen) atoms. The number of nitrogens with one attached hydrogen (secondary N) is 2. The van der Waals surface area contributed by atoms with Gasteiger partial charge in [0.15, 0.2) is 0 Å². The molecule has 8 heteroatoms. The van der Waals surface area contributed by atoms with E-state index in [-0.39, 0.29) is 24.4 Å². The van der Waals surface area contributed by atoms with E-state index >= 15 is 0 Å². The Labute approximate surface area is 179 Å². The van der Waals surface area contributed by atoms with E-state index in [2.05, 4.69) is 20.9 Å². The van der Waals surface area contributed by atoms with E-state index in [9.17, 15) is 15.0 Å². The fourth-order valence-corrected chi connectivity index (χ4v) is 3.23. The molecule has 0 unspecified atom stereocenters. The summed E-state index contributed by atoms with van der Waals surface area (Å²) in [6.07, 6.45) is 0.110. The number of fused-ring (bicyclic) bond motifs is 1. The van der Waals surface area contributed by atoms with Gasteiger partial charge in [0.25, 0.3) is 5.91 Å². The van der Waals surface area contributed by atoms with Crippen LogP contribution in [0.15, 0.2) is 78.9 Å². The highest BCUT2D eigenvalue weighted by molar-refractivity contribution is 5.76. The molecule has 1 aromatic heterocycles. The van der Waals surface area contributed by atoms with Crippen LogP contribution in [0.2, 0.25) is 0 Å². The second-order valence-corrected chi connectivity index (χ2v) is 7.15. The van der Waals surface area contributed by atoms with Gasteiger partial charge in [0.05, 0.1) is 11.2 Å². The molecule has 0 aliphatic heterocycles. The number of carbonyl (C=O) groups is 1. The Bertz CT molecular complexity index is 1160. The maximum atomic E-state index is 12.0. The molecule has 0 fully saturated rings. The van der Waals surface area contributed by atoms with Crippen molar-refractivity contribution in [3.05, 3.63) is 90.0 Å². The standard InChI is InChI=1S/C23H23N5O3/c29-22(24-16-17-6-2-1-3-7-17)14-15-25-23(30,31)18-10-12-19(13-11-18)28-21-9-5-4-8-20(21)26-27-28/h1-13,25,30-31H,14-16H2,(H,24,29). The number of para-hydroxylation sites is 1. The Kier molecular flexibility index (Phi) is 6.03. The SMILES string of the molecule is O=C(CCNC(O)(O)c1ccc(-n2nnc3ccccc32)cc1)NCc1ccccc1. The number of aliphatic hydroxyl groups is 2. The number of hydrogen-bond donors (Lipinski definition) is 4. The lowest BCUT2D eigenvalue weighted by molar-refractivity contribution is -0.194. The number of benzene rings is 3. The van der Waals surface area contributed by atoms with Gasteiger partial charge in [-0.05, 0) is 29.8 Å². The van der Waals surface area contributed by atoms with Gasteiger partial charge >= 0.3 is 0 Å². The van der Waals surface area contributed by atoms with Crippen molar-refractivity contribution >= 4 is 16.9 Å². The van der Waals surface area contributed by atoms with Crippen molar-refractivity contribution in [2.45, 2.75) is 18.9 Å². The molecule has 0 bridgehead atoms. The second-order valence-electron chi connectivity index (χ2n) is 7.15. The van der Waals surface area contributed by atoms with Crippen molar-refractivity contribution < 1.29 is 15.0 Å². The van der Waals surface area contributed by atoms with Crippen LogP contribution < -0.4 is 10.6 Å². The van der Waals surface area contributed by atoms with Crippen LogP contribution >= 0.6 is 0 Å². The minimum absolute atomic E-state index is 0.100. The zero-order chi connectivity index (χ0) is 21.7. The monoisotopic (exact) mass is 417 g/mol. The van der Waals surface area contributed by atoms with Crippen molar-refractivity contribution in [1.82, 2.24) is 25.6 Å². The molecule has 0 radical (unpaired) electrons. The molecule has 158 valence electrons. The van der Waals surface area contributed by atoms with Gasteiger partial charge in [0, 0.05) is 25.1 Å². The fourth-order valence-electron chi connectivity index (χ4n) is 3.23. The average molecular weight is 417 g/mol. The highest BCUT2D eigenvalue weighted by Crippen LogP contribution is 2.20. The largest absolute Gasteiger partial charge is 0.352 e. The molecule has 1 heterocycles. The van der Waals surface area contributed by atoms with Gasteiger partial charge in [0.1, 0.15) is 5.52 Å². The average Bonchev–Trinajstić information content (AvgIpc) is 3.23. The lowest BCUT2D eigenvalue weighted by Gasteiger charge is -2.23. The van der Waals surface area contributed by atoms with Crippen LogP contribution in [0.1, 0.15) is 17.5 Å². The minimum atomic E-state index is -2.26. The summed E-state index contributed by atoms with van der Waals surface area (Å²) >= 11 is 0. The highest BCUT2D eigenvalue weighted by atomic mass is 16.5. The summed E-state index contributed by atoms with van der Waals surface area (Å²) in [6, 6.07) is 23.8. The third-order valence-corrected chi connectivity index (χ3v) is 4.92. The molecule has 4 aromatic rings. The topological polar surface area (TPSA) is 112 Å². The molecular formula is C23H23N5O3. The Morgan fingerprint density at radius 2 is 1.65 bits per heavy atom. The van der Waals surface area contributed by atoms with Crippen LogP contribution in [0.25, 0.3) is 16.7 Å². The van der Waals surface area contributed by atoms with Crippen molar-refractivity contribution in [1.29, 1.82) is 0 Å². The molecule has 0 spiro atoms. The van der Waals surface area contributed by atoms with Crippen molar-refractivity contribution in [3.8, 4) is 5.69 Å². The van der Waals surface area contributed by atoms with Crippen LogP contribution in [0.3, 0.4) is 0 Å². The summed E-state index contributed by atoms with van der Waals surface area (Å²) in [6.45, 7) is 0.532. The number of rotatable bonds is 8. The van der Waals surface area contributed by atoms with E-state index in [0.29, 0.717) is 6.54 Å². The van der Waals surface area contributed by atoms with E-state index in [1.165, 1.54) is 0 Å². The molecular weight excluding hydrogens is 394 g/mol. The minimum Gasteiger partial charge on any atom is -0.352 e. The second kappa shape index (κ2) is 9.05. The predicted octanol–water partition coefficient (Wildman–Crippen LogP) is 1.81. The van der Waals surface area contributed by atoms with Crippen LogP contribution in [0, 0.1) is 0 Å².